The van der Waals surface area contributed by atoms with Crippen LogP contribution in [0.1, 0.15) is 20.7 Å². The molecule has 0 fully saturated rings. The number of carboxylic acid groups (broad SMARTS) is 1. The van der Waals surface area contributed by atoms with Gasteiger partial charge < -0.3 is 10.4 Å². The standard InChI is InChI=1S/C14H8Cl2FNO3/c15-10-3-1-2-8(12(10)16)13(19)18-11-5-4-7(17)6-9(11)14(20)21/h1-6H,(H,18,19)(H,20,21). The molecule has 0 bridgehead atoms. The Morgan fingerprint density at radius 2 is 1.81 bits per heavy atom. The molecule has 21 heavy (non-hydrogen) atoms. The summed E-state index contributed by atoms with van der Waals surface area (Å²) in [7, 11) is 0. The minimum Gasteiger partial charge on any atom is -0.478 e. The van der Waals surface area contributed by atoms with Crippen molar-refractivity contribution in [3.8, 4) is 0 Å². The van der Waals surface area contributed by atoms with Crippen LogP contribution in [-0.4, -0.2) is 17.0 Å². The molecule has 0 unspecified atom stereocenters. The Labute approximate surface area is 129 Å². The SMILES string of the molecule is O=C(O)c1cc(F)ccc1NC(=O)c1cccc(Cl)c1Cl. The van der Waals surface area contributed by atoms with Crippen molar-refractivity contribution < 1.29 is 19.1 Å². The van der Waals surface area contributed by atoms with Gasteiger partial charge in [-0.05, 0) is 30.3 Å². The van der Waals surface area contributed by atoms with Crippen molar-refractivity contribution in [2.24, 2.45) is 0 Å². The third-order valence-electron chi connectivity index (χ3n) is 2.66. The number of carboxylic acids is 1. The number of rotatable bonds is 3. The van der Waals surface area contributed by atoms with Gasteiger partial charge in [0.05, 0.1) is 26.9 Å². The Bertz CT molecular complexity index is 734. The minimum atomic E-state index is -1.36. The Morgan fingerprint density at radius 3 is 2.48 bits per heavy atom. The Balaban J connectivity index is 2.36. The zero-order chi connectivity index (χ0) is 15.6. The number of aromatic carboxylic acids is 1. The molecule has 2 N–H and O–H groups in total. The van der Waals surface area contributed by atoms with E-state index >= 15 is 0 Å². The van der Waals surface area contributed by atoms with E-state index < -0.39 is 17.7 Å². The summed E-state index contributed by atoms with van der Waals surface area (Å²) in [5, 5.41) is 11.6. The highest BCUT2D eigenvalue weighted by atomic mass is 35.5. The lowest BCUT2D eigenvalue weighted by molar-refractivity contribution is 0.0697. The van der Waals surface area contributed by atoms with E-state index in [1.54, 1.807) is 0 Å². The summed E-state index contributed by atoms with van der Waals surface area (Å²) in [5.41, 5.74) is -0.309. The molecule has 7 heteroatoms. The summed E-state index contributed by atoms with van der Waals surface area (Å²) in [6.45, 7) is 0. The zero-order valence-corrected chi connectivity index (χ0v) is 11.9. The number of benzene rings is 2. The first-order valence-electron chi connectivity index (χ1n) is 5.68. The van der Waals surface area contributed by atoms with Crippen LogP contribution in [-0.2, 0) is 0 Å². The van der Waals surface area contributed by atoms with Crippen LogP contribution in [0.3, 0.4) is 0 Å². The molecule has 0 saturated carbocycles. The largest absolute Gasteiger partial charge is 0.478 e. The number of amides is 1. The van der Waals surface area contributed by atoms with E-state index in [0.29, 0.717) is 0 Å². The quantitative estimate of drug-likeness (QED) is 0.892. The van der Waals surface area contributed by atoms with Crippen molar-refractivity contribution >= 4 is 40.8 Å². The van der Waals surface area contributed by atoms with Gasteiger partial charge in [-0.3, -0.25) is 4.79 Å². The Hall–Kier alpha value is -2.11. The van der Waals surface area contributed by atoms with E-state index in [0.717, 1.165) is 18.2 Å². The smallest absolute Gasteiger partial charge is 0.337 e. The third-order valence-corrected chi connectivity index (χ3v) is 3.48. The molecule has 2 rings (SSSR count). The van der Waals surface area contributed by atoms with Crippen LogP contribution < -0.4 is 5.32 Å². The third kappa shape index (κ3) is 3.32. The van der Waals surface area contributed by atoms with Crippen LogP contribution in [0, 0.1) is 5.82 Å². The van der Waals surface area contributed by atoms with E-state index in [9.17, 15) is 14.0 Å². The van der Waals surface area contributed by atoms with Crippen molar-refractivity contribution in [3.05, 3.63) is 63.4 Å². The van der Waals surface area contributed by atoms with Crippen molar-refractivity contribution in [2.75, 3.05) is 5.32 Å². The molecule has 0 aliphatic heterocycles. The average Bonchev–Trinajstić information content (AvgIpc) is 2.43. The number of hydrogen-bond donors (Lipinski definition) is 2. The van der Waals surface area contributed by atoms with Crippen LogP contribution in [0.4, 0.5) is 10.1 Å². The van der Waals surface area contributed by atoms with Crippen LogP contribution in [0.25, 0.3) is 0 Å². The van der Waals surface area contributed by atoms with Gasteiger partial charge in [-0.25, -0.2) is 9.18 Å². The lowest BCUT2D eigenvalue weighted by atomic mass is 10.1. The van der Waals surface area contributed by atoms with E-state index in [-0.39, 0.29) is 26.9 Å². The first-order valence-corrected chi connectivity index (χ1v) is 6.44. The number of carbonyl (C=O) groups is 2. The minimum absolute atomic E-state index is 0.0371. The van der Waals surface area contributed by atoms with Crippen LogP contribution in [0.2, 0.25) is 10.0 Å². The van der Waals surface area contributed by atoms with Gasteiger partial charge in [-0.15, -0.1) is 0 Å². The lowest BCUT2D eigenvalue weighted by Crippen LogP contribution is -2.15. The van der Waals surface area contributed by atoms with E-state index in [4.69, 9.17) is 28.3 Å². The van der Waals surface area contributed by atoms with Crippen molar-refractivity contribution in [1.29, 1.82) is 0 Å². The number of hydrogen-bond acceptors (Lipinski definition) is 2. The molecule has 4 nitrogen and oxygen atoms in total. The monoisotopic (exact) mass is 327 g/mol. The Kier molecular flexibility index (Phi) is 4.45. The van der Waals surface area contributed by atoms with Crippen LogP contribution in [0.15, 0.2) is 36.4 Å². The summed E-state index contributed by atoms with van der Waals surface area (Å²) >= 11 is 11.7. The highest BCUT2D eigenvalue weighted by Crippen LogP contribution is 2.27. The molecule has 0 aliphatic rings. The van der Waals surface area contributed by atoms with E-state index in [1.165, 1.54) is 18.2 Å². The number of carbonyl (C=O) groups excluding carboxylic acids is 1. The van der Waals surface area contributed by atoms with Gasteiger partial charge in [-0.2, -0.15) is 0 Å². The fraction of sp³-hybridized carbons (Fsp3) is 0. The summed E-state index contributed by atoms with van der Waals surface area (Å²) in [6.07, 6.45) is 0. The summed E-state index contributed by atoms with van der Waals surface area (Å²) < 4.78 is 13.1. The molecule has 0 radical (unpaired) electrons. The Morgan fingerprint density at radius 1 is 1.10 bits per heavy atom. The van der Waals surface area contributed by atoms with Crippen LogP contribution in [0.5, 0.6) is 0 Å². The summed E-state index contributed by atoms with van der Waals surface area (Å²) in [5.74, 6) is -2.72. The molecule has 0 aromatic heterocycles. The number of anilines is 1. The fourth-order valence-electron chi connectivity index (χ4n) is 1.67. The summed E-state index contributed by atoms with van der Waals surface area (Å²) in [6, 6.07) is 7.51. The second kappa shape index (κ2) is 6.11. The predicted molar refractivity (Wildman–Crippen MR) is 77.8 cm³/mol. The molecular weight excluding hydrogens is 320 g/mol. The predicted octanol–water partition coefficient (Wildman–Crippen LogP) is 4.08. The zero-order valence-electron chi connectivity index (χ0n) is 10.4. The fourth-order valence-corrected chi connectivity index (χ4v) is 2.06. The highest BCUT2D eigenvalue weighted by Gasteiger charge is 2.17. The maximum absolute atomic E-state index is 13.1. The van der Waals surface area contributed by atoms with Gasteiger partial charge in [0.1, 0.15) is 5.82 Å². The van der Waals surface area contributed by atoms with Gasteiger partial charge in [0.15, 0.2) is 0 Å². The molecule has 0 saturated heterocycles. The molecule has 2 aromatic rings. The molecule has 2 aromatic carbocycles. The maximum atomic E-state index is 13.1. The van der Waals surface area contributed by atoms with Gasteiger partial charge in [-0.1, -0.05) is 29.3 Å². The van der Waals surface area contributed by atoms with Gasteiger partial charge in [0.2, 0.25) is 0 Å². The van der Waals surface area contributed by atoms with Gasteiger partial charge >= 0.3 is 5.97 Å². The number of nitrogens with one attached hydrogen (secondary N) is 1. The lowest BCUT2D eigenvalue weighted by Gasteiger charge is -2.10. The van der Waals surface area contributed by atoms with Crippen LogP contribution >= 0.6 is 23.2 Å². The van der Waals surface area contributed by atoms with Crippen molar-refractivity contribution in [3.63, 3.8) is 0 Å². The molecule has 0 atom stereocenters. The molecule has 0 heterocycles. The molecule has 0 spiro atoms. The highest BCUT2D eigenvalue weighted by molar-refractivity contribution is 6.44. The molecule has 108 valence electrons. The van der Waals surface area contributed by atoms with Gasteiger partial charge in [0.25, 0.3) is 5.91 Å². The maximum Gasteiger partial charge on any atom is 0.337 e. The first kappa shape index (κ1) is 15.3. The summed E-state index contributed by atoms with van der Waals surface area (Å²) in [4.78, 5) is 23.2. The first-order chi connectivity index (χ1) is 9.90. The van der Waals surface area contributed by atoms with Gasteiger partial charge in [0, 0.05) is 0 Å². The van der Waals surface area contributed by atoms with E-state index in [1.807, 2.05) is 0 Å². The van der Waals surface area contributed by atoms with E-state index in [2.05, 4.69) is 5.32 Å². The second-order valence-electron chi connectivity index (χ2n) is 4.05. The van der Waals surface area contributed by atoms with Crippen molar-refractivity contribution in [1.82, 2.24) is 0 Å². The molecule has 0 aliphatic carbocycles. The molecule has 1 amide bonds. The molecular formula is C14H8Cl2FNO3. The normalized spacial score (nSPS) is 10.2. The second-order valence-corrected chi connectivity index (χ2v) is 4.84. The number of halogens is 3. The topological polar surface area (TPSA) is 66.4 Å². The average molecular weight is 328 g/mol. The van der Waals surface area contributed by atoms with Crippen molar-refractivity contribution in [2.45, 2.75) is 0 Å².